The number of nitrogen functional groups attached to an aromatic ring is 2. The molecule has 2 aliphatic rings. The molecule has 0 unspecified atom stereocenters. The van der Waals surface area contributed by atoms with E-state index in [1.54, 1.807) is 0 Å². The average molecular weight is 838 g/mol. The van der Waals surface area contributed by atoms with Gasteiger partial charge in [0.25, 0.3) is 0 Å². The van der Waals surface area contributed by atoms with E-state index in [4.69, 9.17) is 11.5 Å². The summed E-state index contributed by atoms with van der Waals surface area (Å²) in [4.78, 5) is 0. The van der Waals surface area contributed by atoms with Gasteiger partial charge in [0.05, 0.1) is 5.69 Å². The van der Waals surface area contributed by atoms with Crippen molar-refractivity contribution in [2.24, 2.45) is 4.30 Å². The summed E-state index contributed by atoms with van der Waals surface area (Å²) >= 11 is 6.75. The molecule has 0 heterocycles. The number of benzene rings is 6. The Kier molecular flexibility index (Phi) is 12.7. The van der Waals surface area contributed by atoms with Crippen LogP contribution < -0.4 is 11.5 Å². The normalized spacial score (nSPS) is 10.4. The van der Waals surface area contributed by atoms with Crippen LogP contribution in [0.5, 0.6) is 0 Å². The number of hydrogen-bond acceptors (Lipinski definition) is 4. The second kappa shape index (κ2) is 15.0. The quantitative estimate of drug-likeness (QED) is 0.0812. The minimum Gasteiger partial charge on any atom is 0 e. The zero-order chi connectivity index (χ0) is 26.4. The van der Waals surface area contributed by atoms with Crippen LogP contribution in [0.4, 0.5) is 11.4 Å². The first-order chi connectivity index (χ1) is 18.5. The van der Waals surface area contributed by atoms with Crippen molar-refractivity contribution in [1.82, 2.24) is 0 Å². The van der Waals surface area contributed by atoms with Crippen molar-refractivity contribution in [3.63, 3.8) is 0 Å². The zero-order valence-corrected chi connectivity index (χ0v) is 33.0. The second-order valence-corrected chi connectivity index (χ2v) is 10.3. The summed E-state index contributed by atoms with van der Waals surface area (Å²) in [5, 5.41) is 4.87. The van der Waals surface area contributed by atoms with Crippen molar-refractivity contribution in [2.45, 2.75) is 0 Å². The fourth-order valence-corrected chi connectivity index (χ4v) is 6.14. The summed E-state index contributed by atoms with van der Waals surface area (Å²) in [5.74, 6) is 0. The molecule has 2 aliphatic carbocycles. The molecule has 8 rings (SSSR count). The molecule has 4 N–H and O–H groups in total. The molecule has 4 radical (unpaired) electrons. The number of nitrogens with two attached hydrogens (primary N) is 2. The molecule has 9 heteroatoms. The Morgan fingerprint density at radius 3 is 1.44 bits per heavy atom. The maximum absolute atomic E-state index is 6.17. The fraction of sp³-hybridized carbons (Fsp3) is 0. The van der Waals surface area contributed by atoms with Gasteiger partial charge in [0.15, 0.2) is 0 Å². The molecule has 0 fully saturated rings. The third-order valence-corrected chi connectivity index (χ3v) is 7.90. The average Bonchev–Trinajstić information content (AvgIpc) is 3.45. The van der Waals surface area contributed by atoms with E-state index in [-0.39, 0.29) is 98.1 Å². The Bertz CT molecular complexity index is 1890. The van der Waals surface area contributed by atoms with Crippen molar-refractivity contribution >= 4 is 69.3 Å². The van der Waals surface area contributed by atoms with Crippen LogP contribution in [0.2, 0.25) is 0 Å². The van der Waals surface area contributed by atoms with Gasteiger partial charge in [-0.05, 0) is 83.3 Å². The standard InChI is InChI=1S/C16H10BrN.C16H11N.BHNS.3Y/c17-14-8-13-10-5-2-1-4-9(10)11-6-3-7-12(15(11)13)16(14)18;17-15-9-8-13-11-5-2-1-4-10(11)12-6-3-7-14(15)16(12)13;1-2-3;;;/h1-8H,18H2;1-9H,17H2;3H;;;. The van der Waals surface area contributed by atoms with Gasteiger partial charge in [0.2, 0.25) is 0 Å². The Labute approximate surface area is 330 Å². The van der Waals surface area contributed by atoms with Crippen molar-refractivity contribution in [3.05, 3.63) is 108 Å². The van der Waals surface area contributed by atoms with Gasteiger partial charge >= 0.3 is 24.8 Å². The molecule has 0 bridgehead atoms. The first-order valence-electron chi connectivity index (χ1n) is 12.1. The molecule has 0 atom stereocenters. The van der Waals surface area contributed by atoms with Crippen LogP contribution >= 0.6 is 28.7 Å². The molecule has 41 heavy (non-hydrogen) atoms. The van der Waals surface area contributed by atoms with E-state index in [1.807, 2.05) is 6.07 Å². The minimum absolute atomic E-state index is 0. The van der Waals surface area contributed by atoms with Gasteiger partial charge in [-0.25, -0.2) is 0 Å². The van der Waals surface area contributed by atoms with Crippen LogP contribution in [-0.4, -0.2) is 7.64 Å². The second-order valence-electron chi connectivity index (χ2n) is 9.18. The summed E-state index contributed by atoms with van der Waals surface area (Å²) in [5.41, 5.74) is 24.3. The van der Waals surface area contributed by atoms with Crippen LogP contribution in [0.1, 0.15) is 0 Å². The number of halogens is 1. The van der Waals surface area contributed by atoms with Crippen molar-refractivity contribution in [2.75, 3.05) is 11.5 Å². The van der Waals surface area contributed by atoms with E-state index in [2.05, 4.69) is 138 Å². The maximum Gasteiger partial charge on any atom is 0 e. The number of thiol groups is 1. The molecule has 0 spiro atoms. The van der Waals surface area contributed by atoms with Crippen LogP contribution in [0.3, 0.4) is 0 Å². The summed E-state index contributed by atoms with van der Waals surface area (Å²) in [6.45, 7) is 0. The number of anilines is 2. The van der Waals surface area contributed by atoms with Crippen LogP contribution in [0, 0.1) is 0 Å². The smallest absolute Gasteiger partial charge is 0 e. The third kappa shape index (κ3) is 6.20. The van der Waals surface area contributed by atoms with E-state index in [1.165, 1.54) is 55.3 Å². The van der Waals surface area contributed by atoms with Crippen LogP contribution in [0.15, 0.2) is 112 Å². The Hall–Kier alpha value is -0.553. The zero-order valence-electron chi connectivity index (χ0n) is 22.1. The SMILES string of the molecule is Nc1c(Br)cc2c3c(cccc13)-c1ccccc1-2.Nc1ccc2c3c(cccc13)-c1ccccc1-2.[B]=NS.[Y].[Y].[Y]. The minimum atomic E-state index is 0. The van der Waals surface area contributed by atoms with Gasteiger partial charge < -0.3 is 11.5 Å². The largest absolute Gasteiger partial charge is 0 e. The van der Waals surface area contributed by atoms with Crippen LogP contribution in [-0.2, 0) is 98.1 Å². The number of fused-ring (bicyclic) bond motifs is 6. The van der Waals surface area contributed by atoms with E-state index in [0.29, 0.717) is 0 Å². The molecule has 0 saturated carbocycles. The summed E-state index contributed by atoms with van der Waals surface area (Å²) < 4.78 is 3.67. The fourth-order valence-electron chi connectivity index (χ4n) is 5.69. The predicted octanol–water partition coefficient (Wildman–Crippen LogP) is 9.08. The van der Waals surface area contributed by atoms with Crippen molar-refractivity contribution in [1.29, 1.82) is 0 Å². The summed E-state index contributed by atoms with van der Waals surface area (Å²) in [6, 6.07) is 36.0. The molecule has 6 aromatic carbocycles. The summed E-state index contributed by atoms with van der Waals surface area (Å²) in [6.07, 6.45) is 0. The molecule has 3 nitrogen and oxygen atoms in total. The summed E-state index contributed by atoms with van der Waals surface area (Å²) in [7, 11) is 4.34. The molecular formula is C32H22BBrN3SY3. The Balaban J connectivity index is 0.000000193. The Morgan fingerprint density at radius 2 is 0.927 bits per heavy atom. The van der Waals surface area contributed by atoms with E-state index in [9.17, 15) is 0 Å². The first kappa shape index (κ1) is 34.9. The number of rotatable bonds is 0. The van der Waals surface area contributed by atoms with Gasteiger partial charge in [-0.2, -0.15) is 0 Å². The maximum atomic E-state index is 6.17. The van der Waals surface area contributed by atoms with E-state index < -0.39 is 0 Å². The third-order valence-electron chi connectivity index (χ3n) is 7.24. The van der Waals surface area contributed by atoms with E-state index in [0.717, 1.165) is 26.6 Å². The predicted molar refractivity (Wildman–Crippen MR) is 170 cm³/mol. The van der Waals surface area contributed by atoms with Gasteiger partial charge in [-0.3, -0.25) is 0 Å². The number of nitrogens with zero attached hydrogens (tertiary/aromatic N) is 1. The van der Waals surface area contributed by atoms with Gasteiger partial charge in [-0.1, -0.05) is 91.0 Å². The van der Waals surface area contributed by atoms with Gasteiger partial charge in [0.1, 0.15) is 0 Å². The van der Waals surface area contributed by atoms with Gasteiger partial charge in [-0.15, -0.1) is 0 Å². The van der Waals surface area contributed by atoms with Gasteiger partial charge in [0, 0.05) is 119 Å². The molecular weight excluding hydrogens is 816 g/mol. The molecule has 6 aromatic rings. The first-order valence-corrected chi connectivity index (χ1v) is 13.3. The molecule has 0 saturated heterocycles. The Morgan fingerprint density at radius 1 is 0.537 bits per heavy atom. The molecule has 0 amide bonds. The molecule has 0 aliphatic heterocycles. The van der Waals surface area contributed by atoms with E-state index >= 15 is 0 Å². The molecule has 190 valence electrons. The topological polar surface area (TPSA) is 64.4 Å². The van der Waals surface area contributed by atoms with Crippen molar-refractivity contribution < 1.29 is 98.1 Å². The van der Waals surface area contributed by atoms with Crippen LogP contribution in [0.25, 0.3) is 66.1 Å². The molecule has 0 aromatic heterocycles. The number of hydrogen-bond donors (Lipinski definition) is 3. The van der Waals surface area contributed by atoms with Crippen molar-refractivity contribution in [3.8, 4) is 44.5 Å². The monoisotopic (exact) mass is 837 g/mol.